The van der Waals surface area contributed by atoms with E-state index in [-0.39, 0.29) is 0 Å². The molecule has 4 nitrogen and oxygen atoms in total. The first kappa shape index (κ1) is 21.1. The number of carboxylic acids is 1. The Morgan fingerprint density at radius 3 is 1.92 bits per heavy atom. The van der Waals surface area contributed by atoms with Gasteiger partial charge in [0.25, 0.3) is 0 Å². The van der Waals surface area contributed by atoms with Gasteiger partial charge in [-0.3, -0.25) is 0 Å². The fourth-order valence-corrected chi connectivity index (χ4v) is 2.37. The number of hydrogen-bond donors (Lipinski definition) is 1. The van der Waals surface area contributed by atoms with E-state index in [1.165, 1.54) is 0 Å². The highest BCUT2D eigenvalue weighted by Crippen LogP contribution is 2.31. The van der Waals surface area contributed by atoms with Crippen molar-refractivity contribution in [3.63, 3.8) is 0 Å². The lowest BCUT2D eigenvalue weighted by molar-refractivity contribution is -0.192. The minimum Gasteiger partial charge on any atom is -0.475 e. The molecule has 1 fully saturated rings. The normalized spacial score (nSPS) is 19.2. The number of piperazine rings is 1. The second-order valence-corrected chi connectivity index (χ2v) is 5.65. The molecule has 25 heavy (non-hydrogen) atoms. The average Bonchev–Trinajstić information content (AvgIpc) is 2.46. The molecule has 142 valence electrons. The number of benzene rings is 1. The number of hydrogen-bond acceptors (Lipinski definition) is 3. The van der Waals surface area contributed by atoms with E-state index in [0.717, 1.165) is 37.5 Å². The lowest BCUT2D eigenvalue weighted by Gasteiger charge is -2.39. The molecule has 1 aromatic rings. The number of likely N-dealkylation sites (N-methyl/N-ethyl adjacent to an activating group) is 1. The minimum absolute atomic E-state index is 0.320. The summed E-state index contributed by atoms with van der Waals surface area (Å²) in [4.78, 5) is 13.3. The van der Waals surface area contributed by atoms with Crippen LogP contribution in [0.4, 0.5) is 32.0 Å². The number of carbonyl (C=O) groups is 1. The Kier molecular flexibility index (Phi) is 6.69. The Hall–Kier alpha value is -1.97. The van der Waals surface area contributed by atoms with Gasteiger partial charge in [0.2, 0.25) is 0 Å². The minimum atomic E-state index is -5.08. The van der Waals surface area contributed by atoms with E-state index >= 15 is 0 Å². The number of carboxylic acid groups (broad SMARTS) is 1. The maximum absolute atomic E-state index is 12.5. The third kappa shape index (κ3) is 6.45. The summed E-state index contributed by atoms with van der Waals surface area (Å²) in [5, 5.41) is 7.12. The zero-order valence-corrected chi connectivity index (χ0v) is 13.5. The number of nitrogens with zero attached hydrogens (tertiary/aromatic N) is 2. The molecule has 0 unspecified atom stereocenters. The largest absolute Gasteiger partial charge is 0.490 e. The molecule has 0 amide bonds. The van der Waals surface area contributed by atoms with Gasteiger partial charge in [0.05, 0.1) is 5.56 Å². The molecule has 1 atom stereocenters. The SMILES string of the molecule is C[C@H]1CN(C)CCN1c1ccc(C(F)(F)F)cc1.O=C(O)C(F)(F)F. The summed E-state index contributed by atoms with van der Waals surface area (Å²) in [7, 11) is 2.06. The Bertz CT molecular complexity index is 571. The van der Waals surface area contributed by atoms with Gasteiger partial charge in [0.1, 0.15) is 0 Å². The molecule has 1 aliphatic rings. The van der Waals surface area contributed by atoms with Gasteiger partial charge >= 0.3 is 18.3 Å². The number of halogens is 6. The summed E-state index contributed by atoms with van der Waals surface area (Å²) in [5.74, 6) is -2.76. The highest BCUT2D eigenvalue weighted by molar-refractivity contribution is 5.73. The Labute approximate surface area is 140 Å². The van der Waals surface area contributed by atoms with E-state index < -0.39 is 23.9 Å². The van der Waals surface area contributed by atoms with Crippen LogP contribution in [0.3, 0.4) is 0 Å². The van der Waals surface area contributed by atoms with Crippen LogP contribution in [0.25, 0.3) is 0 Å². The molecule has 0 radical (unpaired) electrons. The maximum Gasteiger partial charge on any atom is 0.490 e. The molecule has 0 saturated carbocycles. The molecule has 1 aromatic carbocycles. The van der Waals surface area contributed by atoms with Crippen molar-refractivity contribution in [2.45, 2.75) is 25.3 Å². The summed E-state index contributed by atoms with van der Waals surface area (Å²) in [5.41, 5.74) is 0.275. The van der Waals surface area contributed by atoms with Gasteiger partial charge in [0.15, 0.2) is 0 Å². The van der Waals surface area contributed by atoms with Crippen LogP contribution in [0.5, 0.6) is 0 Å². The van der Waals surface area contributed by atoms with Crippen molar-refractivity contribution in [1.29, 1.82) is 0 Å². The van der Waals surface area contributed by atoms with Crippen LogP contribution in [-0.4, -0.2) is 54.9 Å². The van der Waals surface area contributed by atoms with E-state index in [1.54, 1.807) is 12.1 Å². The van der Waals surface area contributed by atoms with Crippen LogP contribution in [0, 0.1) is 0 Å². The van der Waals surface area contributed by atoms with Gasteiger partial charge < -0.3 is 14.9 Å². The summed E-state index contributed by atoms with van der Waals surface area (Å²) in [6.45, 7) is 4.81. The quantitative estimate of drug-likeness (QED) is 0.767. The number of rotatable bonds is 1. The third-order valence-electron chi connectivity index (χ3n) is 3.60. The topological polar surface area (TPSA) is 43.8 Å². The molecule has 1 saturated heterocycles. The van der Waals surface area contributed by atoms with Crippen LogP contribution in [0.15, 0.2) is 24.3 Å². The number of alkyl halides is 6. The number of anilines is 1. The molecular weight excluding hydrogens is 354 g/mol. The summed E-state index contributed by atoms with van der Waals surface area (Å²) >= 11 is 0. The number of aliphatic carboxylic acids is 1. The van der Waals surface area contributed by atoms with Crippen LogP contribution >= 0.6 is 0 Å². The zero-order valence-electron chi connectivity index (χ0n) is 13.5. The van der Waals surface area contributed by atoms with Crippen LogP contribution in [0.1, 0.15) is 12.5 Å². The molecule has 0 spiro atoms. The highest BCUT2D eigenvalue weighted by atomic mass is 19.4. The average molecular weight is 372 g/mol. The Morgan fingerprint density at radius 2 is 1.56 bits per heavy atom. The highest BCUT2D eigenvalue weighted by Gasteiger charge is 2.38. The van der Waals surface area contributed by atoms with Gasteiger partial charge in [-0.1, -0.05) is 0 Å². The van der Waals surface area contributed by atoms with Crippen LogP contribution in [-0.2, 0) is 11.0 Å². The van der Waals surface area contributed by atoms with E-state index in [4.69, 9.17) is 9.90 Å². The van der Waals surface area contributed by atoms with Gasteiger partial charge in [-0.2, -0.15) is 26.3 Å². The Balaban J connectivity index is 0.000000381. The van der Waals surface area contributed by atoms with Crippen molar-refractivity contribution >= 4 is 11.7 Å². The standard InChI is InChI=1S/C13H17F3N2.C2HF3O2/c1-10-9-17(2)7-8-18(10)12-5-3-11(4-6-12)13(14,15)16;3-2(4,5)1(6)7/h3-6,10H,7-9H2,1-2H3;(H,6,7)/t10-;/m0./s1. The first-order valence-corrected chi connectivity index (χ1v) is 7.25. The van der Waals surface area contributed by atoms with Crippen molar-refractivity contribution in [2.24, 2.45) is 0 Å². The molecule has 1 N–H and O–H groups in total. The van der Waals surface area contributed by atoms with Gasteiger partial charge in [-0.15, -0.1) is 0 Å². The van der Waals surface area contributed by atoms with Crippen molar-refractivity contribution < 1.29 is 36.2 Å². The van der Waals surface area contributed by atoms with Crippen LogP contribution in [0.2, 0.25) is 0 Å². The van der Waals surface area contributed by atoms with E-state index in [9.17, 15) is 26.3 Å². The first-order chi connectivity index (χ1) is 11.3. The lowest BCUT2D eigenvalue weighted by Crippen LogP contribution is -2.50. The van der Waals surface area contributed by atoms with Gasteiger partial charge in [-0.25, -0.2) is 4.79 Å². The van der Waals surface area contributed by atoms with Crippen molar-refractivity contribution in [3.8, 4) is 0 Å². The first-order valence-electron chi connectivity index (χ1n) is 7.25. The second kappa shape index (κ2) is 7.94. The van der Waals surface area contributed by atoms with Crippen molar-refractivity contribution in [1.82, 2.24) is 4.90 Å². The summed E-state index contributed by atoms with van der Waals surface area (Å²) in [6.07, 6.45) is -9.34. The van der Waals surface area contributed by atoms with Crippen molar-refractivity contribution in [3.05, 3.63) is 29.8 Å². The smallest absolute Gasteiger partial charge is 0.475 e. The summed E-state index contributed by atoms with van der Waals surface area (Å²) in [6, 6.07) is 5.75. The lowest BCUT2D eigenvalue weighted by atomic mass is 10.1. The van der Waals surface area contributed by atoms with E-state index in [2.05, 4.69) is 23.8 Å². The molecule has 0 bridgehead atoms. The third-order valence-corrected chi connectivity index (χ3v) is 3.60. The fourth-order valence-electron chi connectivity index (χ4n) is 2.37. The predicted octanol–water partition coefficient (Wildman–Crippen LogP) is 3.48. The zero-order chi connectivity index (χ0) is 19.4. The van der Waals surface area contributed by atoms with Crippen LogP contribution < -0.4 is 4.90 Å². The summed E-state index contributed by atoms with van der Waals surface area (Å²) < 4.78 is 69.1. The molecule has 0 aliphatic carbocycles. The predicted molar refractivity (Wildman–Crippen MR) is 79.4 cm³/mol. The second-order valence-electron chi connectivity index (χ2n) is 5.65. The Morgan fingerprint density at radius 1 is 1.08 bits per heavy atom. The van der Waals surface area contributed by atoms with E-state index in [0.29, 0.717) is 6.04 Å². The molecule has 2 rings (SSSR count). The monoisotopic (exact) mass is 372 g/mol. The fraction of sp³-hybridized carbons (Fsp3) is 0.533. The molecule has 0 aromatic heterocycles. The maximum atomic E-state index is 12.5. The van der Waals surface area contributed by atoms with Gasteiger partial charge in [0, 0.05) is 31.4 Å². The molecular formula is C15H18F6N2O2. The van der Waals surface area contributed by atoms with Crippen molar-refractivity contribution in [2.75, 3.05) is 31.6 Å². The molecule has 1 aliphatic heterocycles. The molecule has 10 heteroatoms. The molecule has 1 heterocycles. The van der Waals surface area contributed by atoms with Gasteiger partial charge in [-0.05, 0) is 38.2 Å². The van der Waals surface area contributed by atoms with E-state index in [1.807, 2.05) is 0 Å².